The molecule has 4 rings (SSSR count). The van der Waals surface area contributed by atoms with Crippen LogP contribution in [0.3, 0.4) is 0 Å². The highest BCUT2D eigenvalue weighted by Gasteiger charge is 2.15. The van der Waals surface area contributed by atoms with Crippen molar-refractivity contribution in [2.45, 2.75) is 6.42 Å². The van der Waals surface area contributed by atoms with Crippen LogP contribution < -0.4 is 4.74 Å². The maximum atomic E-state index is 12.3. The molecule has 7 heteroatoms. The van der Waals surface area contributed by atoms with Gasteiger partial charge in [0.05, 0.1) is 12.1 Å². The molecule has 0 aliphatic rings. The summed E-state index contributed by atoms with van der Waals surface area (Å²) in [4.78, 5) is 21.8. The van der Waals surface area contributed by atoms with E-state index in [1.807, 2.05) is 46.3 Å². The van der Waals surface area contributed by atoms with E-state index in [4.69, 9.17) is 4.74 Å². The molecule has 0 saturated heterocycles. The molecule has 0 spiro atoms. The lowest BCUT2D eigenvalue weighted by Crippen LogP contribution is -2.12. The number of imidazole rings is 1. The molecule has 3 aromatic heterocycles. The average molecular weight is 414 g/mol. The number of nitrogens with zero attached hydrogens (tertiary/aromatic N) is 3. The molecule has 1 aromatic carbocycles. The highest BCUT2D eigenvalue weighted by molar-refractivity contribution is 9.10. The maximum absolute atomic E-state index is 12.3. The van der Waals surface area contributed by atoms with Crippen molar-refractivity contribution in [1.29, 1.82) is 0 Å². The Morgan fingerprint density at radius 3 is 2.84 bits per heavy atom. The molecule has 0 aliphatic carbocycles. The van der Waals surface area contributed by atoms with Crippen LogP contribution >= 0.6 is 27.3 Å². The molecule has 0 fully saturated rings. The van der Waals surface area contributed by atoms with Crippen LogP contribution in [0.25, 0.3) is 16.2 Å². The summed E-state index contributed by atoms with van der Waals surface area (Å²) < 4.78 is 7.83. The fraction of sp³-hybridized carbons (Fsp3) is 0.0556. The normalized spacial score (nSPS) is 10.9. The molecule has 0 atom stereocenters. The van der Waals surface area contributed by atoms with E-state index in [0.717, 1.165) is 21.9 Å². The molecule has 0 saturated carbocycles. The van der Waals surface area contributed by atoms with Gasteiger partial charge in [0.15, 0.2) is 10.7 Å². The summed E-state index contributed by atoms with van der Waals surface area (Å²) in [6.45, 7) is 0. The van der Waals surface area contributed by atoms with Gasteiger partial charge in [0.25, 0.3) is 0 Å². The smallest absolute Gasteiger partial charge is 0.317 e. The molecule has 0 unspecified atom stereocenters. The van der Waals surface area contributed by atoms with Gasteiger partial charge in [0, 0.05) is 29.0 Å². The maximum Gasteiger partial charge on any atom is 0.317 e. The summed E-state index contributed by atoms with van der Waals surface area (Å²) in [6.07, 6.45) is 3.73. The molecule has 3 heterocycles. The Morgan fingerprint density at radius 2 is 2.04 bits per heavy atom. The number of fused-ring (bicyclic) bond motifs is 1. The van der Waals surface area contributed by atoms with Crippen molar-refractivity contribution in [3.63, 3.8) is 0 Å². The van der Waals surface area contributed by atoms with Gasteiger partial charge >= 0.3 is 5.97 Å². The molecule has 0 radical (unpaired) electrons. The van der Waals surface area contributed by atoms with Crippen molar-refractivity contribution in [1.82, 2.24) is 14.4 Å². The van der Waals surface area contributed by atoms with Gasteiger partial charge in [-0.2, -0.15) is 0 Å². The van der Waals surface area contributed by atoms with Crippen molar-refractivity contribution >= 4 is 38.2 Å². The van der Waals surface area contributed by atoms with Crippen LogP contribution in [-0.2, 0) is 11.2 Å². The quantitative estimate of drug-likeness (QED) is 0.368. The number of ether oxygens (including phenoxy) is 1. The van der Waals surface area contributed by atoms with Crippen LogP contribution in [0.2, 0.25) is 0 Å². The lowest BCUT2D eigenvalue weighted by atomic mass is 10.2. The molecule has 0 N–H and O–H groups in total. The molecule has 4 aromatic rings. The largest absolute Gasteiger partial charge is 0.423 e. The predicted octanol–water partition coefficient (Wildman–Crippen LogP) is 4.37. The predicted molar refractivity (Wildman–Crippen MR) is 99.8 cm³/mol. The van der Waals surface area contributed by atoms with E-state index in [1.54, 1.807) is 18.3 Å². The molecular formula is C18H12BrN3O2S. The highest BCUT2D eigenvalue weighted by atomic mass is 79.9. The Balaban J connectivity index is 1.56. The second-order valence-corrected chi connectivity index (χ2v) is 6.90. The Morgan fingerprint density at radius 1 is 1.20 bits per heavy atom. The summed E-state index contributed by atoms with van der Waals surface area (Å²) in [7, 11) is 0. The second-order valence-electron chi connectivity index (χ2n) is 5.31. The minimum atomic E-state index is -0.344. The number of aromatic nitrogens is 3. The molecule has 124 valence electrons. The number of benzene rings is 1. The first-order chi connectivity index (χ1) is 12.2. The van der Waals surface area contributed by atoms with E-state index in [-0.39, 0.29) is 12.4 Å². The van der Waals surface area contributed by atoms with E-state index >= 15 is 0 Å². The van der Waals surface area contributed by atoms with Crippen LogP contribution in [0.5, 0.6) is 5.75 Å². The molecular weight excluding hydrogens is 402 g/mol. The first-order valence-electron chi connectivity index (χ1n) is 7.53. The van der Waals surface area contributed by atoms with Gasteiger partial charge in [-0.3, -0.25) is 9.20 Å². The number of rotatable bonds is 4. The molecule has 0 aliphatic heterocycles. The van der Waals surface area contributed by atoms with Gasteiger partial charge in [-0.25, -0.2) is 9.97 Å². The second kappa shape index (κ2) is 6.78. The first kappa shape index (κ1) is 16.0. The Labute approximate surface area is 156 Å². The minimum Gasteiger partial charge on any atom is -0.423 e. The zero-order chi connectivity index (χ0) is 17.2. The number of carbonyl (C=O) groups excluding carboxylic acids is 1. The van der Waals surface area contributed by atoms with Crippen molar-refractivity contribution in [3.05, 3.63) is 70.5 Å². The number of pyridine rings is 1. The number of hydrogen-bond acceptors (Lipinski definition) is 5. The number of halogens is 1. The minimum absolute atomic E-state index is 0.159. The summed E-state index contributed by atoms with van der Waals surface area (Å²) in [5, 5.41) is 1.93. The number of thiazole rings is 1. The summed E-state index contributed by atoms with van der Waals surface area (Å²) in [5.74, 6) is 0.0675. The van der Waals surface area contributed by atoms with E-state index in [2.05, 4.69) is 25.9 Å². The Kier molecular flexibility index (Phi) is 4.33. The van der Waals surface area contributed by atoms with Crippen LogP contribution in [0.4, 0.5) is 0 Å². The van der Waals surface area contributed by atoms with Gasteiger partial charge in [0.1, 0.15) is 4.60 Å². The Hall–Kier alpha value is -2.51. The van der Waals surface area contributed by atoms with Crippen molar-refractivity contribution in [2.24, 2.45) is 0 Å². The van der Waals surface area contributed by atoms with Crippen molar-refractivity contribution < 1.29 is 9.53 Å². The van der Waals surface area contributed by atoms with Crippen molar-refractivity contribution in [2.75, 3.05) is 0 Å². The lowest BCUT2D eigenvalue weighted by Gasteiger charge is -2.05. The molecule has 0 bridgehead atoms. The SMILES string of the molecule is O=C(Cc1csc2nc(-c3ccccc3)cn12)Oc1cccnc1Br. The monoisotopic (exact) mass is 413 g/mol. The topological polar surface area (TPSA) is 56.5 Å². The lowest BCUT2D eigenvalue weighted by molar-refractivity contribution is -0.133. The fourth-order valence-electron chi connectivity index (χ4n) is 2.46. The van der Waals surface area contributed by atoms with Gasteiger partial charge < -0.3 is 4.74 Å². The van der Waals surface area contributed by atoms with E-state index in [1.165, 1.54) is 11.3 Å². The summed E-state index contributed by atoms with van der Waals surface area (Å²) in [6, 6.07) is 13.4. The fourth-order valence-corrected chi connectivity index (χ4v) is 3.66. The zero-order valence-electron chi connectivity index (χ0n) is 12.9. The third-order valence-corrected chi connectivity index (χ3v) is 5.11. The summed E-state index contributed by atoms with van der Waals surface area (Å²) >= 11 is 4.77. The van der Waals surface area contributed by atoms with Crippen LogP contribution in [0.1, 0.15) is 5.69 Å². The highest BCUT2D eigenvalue weighted by Crippen LogP contribution is 2.25. The third kappa shape index (κ3) is 3.33. The number of carbonyl (C=O) groups is 1. The average Bonchev–Trinajstić information content (AvgIpc) is 3.20. The third-order valence-electron chi connectivity index (χ3n) is 3.63. The van der Waals surface area contributed by atoms with Gasteiger partial charge in [0.2, 0.25) is 0 Å². The standard InChI is InChI=1S/C18H12BrN3O2S/c19-17-15(7-4-8-20-17)24-16(23)9-13-11-25-18-21-14(10-22(13)18)12-5-2-1-3-6-12/h1-8,10-11H,9H2. The molecule has 25 heavy (non-hydrogen) atoms. The zero-order valence-corrected chi connectivity index (χ0v) is 15.3. The van der Waals surface area contributed by atoms with E-state index in [9.17, 15) is 4.79 Å². The number of esters is 1. The summed E-state index contributed by atoms with van der Waals surface area (Å²) in [5.41, 5.74) is 2.78. The van der Waals surface area contributed by atoms with Gasteiger partial charge in [-0.1, -0.05) is 30.3 Å². The molecule has 5 nitrogen and oxygen atoms in total. The van der Waals surface area contributed by atoms with Crippen LogP contribution in [-0.4, -0.2) is 20.3 Å². The van der Waals surface area contributed by atoms with Crippen LogP contribution in [0.15, 0.2) is 64.8 Å². The van der Waals surface area contributed by atoms with Crippen molar-refractivity contribution in [3.8, 4) is 17.0 Å². The number of hydrogen-bond donors (Lipinski definition) is 0. The first-order valence-corrected chi connectivity index (χ1v) is 9.20. The molecule has 0 amide bonds. The van der Waals surface area contributed by atoms with Crippen LogP contribution in [0, 0.1) is 0 Å². The van der Waals surface area contributed by atoms with Gasteiger partial charge in [-0.05, 0) is 28.1 Å². The Bertz CT molecular complexity index is 1040. The van der Waals surface area contributed by atoms with E-state index < -0.39 is 0 Å². The van der Waals surface area contributed by atoms with E-state index in [0.29, 0.717) is 10.4 Å². The van der Waals surface area contributed by atoms with Gasteiger partial charge in [-0.15, -0.1) is 11.3 Å².